The summed E-state index contributed by atoms with van der Waals surface area (Å²) in [4.78, 5) is 76.9. The van der Waals surface area contributed by atoms with Crippen molar-refractivity contribution in [1.29, 1.82) is 0 Å². The predicted molar refractivity (Wildman–Crippen MR) is 129 cm³/mol. The van der Waals surface area contributed by atoms with E-state index in [4.69, 9.17) is 5.11 Å². The van der Waals surface area contributed by atoms with Gasteiger partial charge in [0.05, 0.1) is 11.1 Å². The minimum atomic E-state index is -1.01. The largest absolute Gasteiger partial charge is 0.481 e. The number of hydrogen-bond donors (Lipinski definition) is 3. The lowest BCUT2D eigenvalue weighted by atomic mass is 9.85. The average molecular weight is 511 g/mol. The van der Waals surface area contributed by atoms with Crippen LogP contribution in [0.5, 0.6) is 0 Å². The Morgan fingerprint density at radius 1 is 1.00 bits per heavy atom. The molecule has 1 aromatic rings. The van der Waals surface area contributed by atoms with Crippen LogP contribution in [0.1, 0.15) is 72.1 Å². The first-order valence-corrected chi connectivity index (χ1v) is 12.8. The number of imide groups is 2. The van der Waals surface area contributed by atoms with Gasteiger partial charge in [-0.15, -0.1) is 0 Å². The maximum Gasteiger partial charge on any atom is 0.303 e. The summed E-state index contributed by atoms with van der Waals surface area (Å²) in [5.74, 6) is -2.99. The molecule has 0 spiro atoms. The van der Waals surface area contributed by atoms with Crippen molar-refractivity contribution in [1.82, 2.24) is 15.1 Å². The van der Waals surface area contributed by atoms with Gasteiger partial charge < -0.3 is 15.3 Å². The van der Waals surface area contributed by atoms with Gasteiger partial charge in [0.25, 0.3) is 11.8 Å². The SMILES string of the molecule is O=C(O)C[C@@H]1CCN(C(=O)C2CCC(Nc3cccc4c3C(=O)N(C3CCC(=O)NC3=O)C4=O)CC2)C1. The topological polar surface area (TPSA) is 153 Å². The Morgan fingerprint density at radius 2 is 1.76 bits per heavy atom. The fourth-order valence-electron chi connectivity index (χ4n) is 6.04. The molecule has 11 nitrogen and oxygen atoms in total. The zero-order valence-corrected chi connectivity index (χ0v) is 20.4. The molecule has 5 rings (SSSR count). The number of amides is 5. The summed E-state index contributed by atoms with van der Waals surface area (Å²) in [5, 5.41) is 14.6. The number of anilines is 1. The standard InChI is InChI=1S/C26H30N4O7/c31-20-9-8-19(23(34)28-20)30-25(36)17-2-1-3-18(22(17)26(30)37)27-16-6-4-15(5-7-16)24(35)29-11-10-14(13-29)12-21(32)33/h1-3,14-16,19,27H,4-13H2,(H,32,33)(H,28,31,34)/t14-,15?,16?,19?/m0/s1. The second-order valence-corrected chi connectivity index (χ2v) is 10.4. The van der Waals surface area contributed by atoms with Gasteiger partial charge in [0.15, 0.2) is 0 Å². The fourth-order valence-corrected chi connectivity index (χ4v) is 6.04. The van der Waals surface area contributed by atoms with Crippen molar-refractivity contribution in [2.75, 3.05) is 18.4 Å². The molecule has 3 N–H and O–H groups in total. The number of carbonyl (C=O) groups is 6. The van der Waals surface area contributed by atoms with Gasteiger partial charge in [-0.05, 0) is 56.6 Å². The van der Waals surface area contributed by atoms with Gasteiger partial charge in [-0.3, -0.25) is 39.0 Å². The number of nitrogens with one attached hydrogen (secondary N) is 2. The molecule has 1 saturated carbocycles. The number of piperidine rings is 1. The number of aliphatic carboxylic acids is 1. The molecular weight excluding hydrogens is 480 g/mol. The van der Waals surface area contributed by atoms with Crippen LogP contribution in [0.3, 0.4) is 0 Å². The molecule has 1 unspecified atom stereocenters. The number of nitrogens with zero attached hydrogens (tertiary/aromatic N) is 2. The van der Waals surface area contributed by atoms with Crippen LogP contribution in [0.4, 0.5) is 5.69 Å². The average Bonchev–Trinajstić information content (AvgIpc) is 3.42. The predicted octanol–water partition coefficient (Wildman–Crippen LogP) is 1.38. The number of rotatable bonds is 6. The van der Waals surface area contributed by atoms with E-state index in [2.05, 4.69) is 10.6 Å². The Balaban J connectivity index is 1.21. The normalized spacial score (nSPS) is 27.8. The molecular formula is C26H30N4O7. The Labute approximate surface area is 213 Å². The third-order valence-corrected chi connectivity index (χ3v) is 7.96. The molecule has 1 aromatic carbocycles. The number of benzene rings is 1. The van der Waals surface area contributed by atoms with Crippen molar-refractivity contribution in [2.24, 2.45) is 11.8 Å². The zero-order valence-electron chi connectivity index (χ0n) is 20.4. The molecule has 1 aliphatic carbocycles. The quantitative estimate of drug-likeness (QED) is 0.485. The second-order valence-electron chi connectivity index (χ2n) is 10.4. The smallest absolute Gasteiger partial charge is 0.303 e. The van der Waals surface area contributed by atoms with E-state index in [0.717, 1.165) is 11.3 Å². The summed E-state index contributed by atoms with van der Waals surface area (Å²) in [6.45, 7) is 1.10. The summed E-state index contributed by atoms with van der Waals surface area (Å²) in [6, 6.07) is 4.00. The van der Waals surface area contributed by atoms with Gasteiger partial charge in [0, 0.05) is 43.6 Å². The summed E-state index contributed by atoms with van der Waals surface area (Å²) in [7, 11) is 0. The van der Waals surface area contributed by atoms with Gasteiger partial charge in [-0.1, -0.05) is 6.07 Å². The molecule has 0 bridgehead atoms. The monoisotopic (exact) mass is 510 g/mol. The maximum atomic E-state index is 13.3. The summed E-state index contributed by atoms with van der Waals surface area (Å²) in [5.41, 5.74) is 0.988. The number of likely N-dealkylation sites (tertiary alicyclic amines) is 1. The number of hydrogen-bond acceptors (Lipinski definition) is 7. The van der Waals surface area contributed by atoms with Gasteiger partial charge in [-0.2, -0.15) is 0 Å². The third-order valence-electron chi connectivity index (χ3n) is 7.96. The van der Waals surface area contributed by atoms with Crippen molar-refractivity contribution < 1.29 is 33.9 Å². The van der Waals surface area contributed by atoms with E-state index in [0.29, 0.717) is 44.5 Å². The van der Waals surface area contributed by atoms with Crippen LogP contribution in [0.25, 0.3) is 0 Å². The molecule has 3 fully saturated rings. The molecule has 4 aliphatic rings. The Bertz CT molecular complexity index is 1170. The van der Waals surface area contributed by atoms with E-state index in [1.54, 1.807) is 23.1 Å². The van der Waals surface area contributed by atoms with E-state index in [1.807, 2.05) is 0 Å². The van der Waals surface area contributed by atoms with Crippen LogP contribution in [0.2, 0.25) is 0 Å². The molecule has 0 aromatic heterocycles. The minimum Gasteiger partial charge on any atom is -0.481 e. The van der Waals surface area contributed by atoms with Crippen molar-refractivity contribution >= 4 is 41.2 Å². The van der Waals surface area contributed by atoms with Gasteiger partial charge >= 0.3 is 5.97 Å². The highest BCUT2D eigenvalue weighted by Crippen LogP contribution is 2.35. The van der Waals surface area contributed by atoms with Crippen LogP contribution in [-0.2, 0) is 19.2 Å². The van der Waals surface area contributed by atoms with Crippen molar-refractivity contribution in [3.63, 3.8) is 0 Å². The molecule has 5 amide bonds. The van der Waals surface area contributed by atoms with Crippen LogP contribution in [0.15, 0.2) is 18.2 Å². The number of carboxylic acids is 1. The van der Waals surface area contributed by atoms with Crippen molar-refractivity contribution in [3.05, 3.63) is 29.3 Å². The minimum absolute atomic E-state index is 0.0135. The highest BCUT2D eigenvalue weighted by atomic mass is 16.4. The highest BCUT2D eigenvalue weighted by Gasteiger charge is 2.46. The Hall–Kier alpha value is -3.76. The van der Waals surface area contributed by atoms with Crippen LogP contribution < -0.4 is 10.6 Å². The number of carbonyl (C=O) groups excluding carboxylic acids is 5. The molecule has 3 aliphatic heterocycles. The lowest BCUT2D eigenvalue weighted by molar-refractivity contribution is -0.139. The van der Waals surface area contributed by atoms with E-state index in [9.17, 15) is 28.8 Å². The Morgan fingerprint density at radius 3 is 2.46 bits per heavy atom. The van der Waals surface area contributed by atoms with Crippen molar-refractivity contribution in [2.45, 2.75) is 63.5 Å². The van der Waals surface area contributed by atoms with Gasteiger partial charge in [0.2, 0.25) is 17.7 Å². The van der Waals surface area contributed by atoms with E-state index < -0.39 is 35.6 Å². The van der Waals surface area contributed by atoms with Crippen LogP contribution in [-0.4, -0.2) is 75.6 Å². The second kappa shape index (κ2) is 9.95. The van der Waals surface area contributed by atoms with E-state index in [1.165, 1.54) is 0 Å². The van der Waals surface area contributed by atoms with Gasteiger partial charge in [0.1, 0.15) is 6.04 Å². The number of carboxylic acid groups (broad SMARTS) is 1. The first-order chi connectivity index (χ1) is 17.7. The lowest BCUT2D eigenvalue weighted by Gasteiger charge is -2.32. The maximum absolute atomic E-state index is 13.3. The molecule has 2 saturated heterocycles. The number of fused-ring (bicyclic) bond motifs is 1. The summed E-state index contributed by atoms with van der Waals surface area (Å²) < 4.78 is 0. The van der Waals surface area contributed by atoms with Crippen molar-refractivity contribution in [3.8, 4) is 0 Å². The Kier molecular flexibility index (Phi) is 6.70. The first kappa shape index (κ1) is 24.9. The van der Waals surface area contributed by atoms with E-state index in [-0.39, 0.29) is 54.2 Å². The molecule has 3 heterocycles. The van der Waals surface area contributed by atoms with Crippen LogP contribution >= 0.6 is 0 Å². The molecule has 196 valence electrons. The van der Waals surface area contributed by atoms with E-state index >= 15 is 0 Å². The molecule has 2 atom stereocenters. The van der Waals surface area contributed by atoms with Crippen LogP contribution in [0, 0.1) is 11.8 Å². The first-order valence-electron chi connectivity index (χ1n) is 12.8. The molecule has 0 radical (unpaired) electrons. The van der Waals surface area contributed by atoms with Gasteiger partial charge in [-0.25, -0.2) is 0 Å². The third kappa shape index (κ3) is 4.82. The zero-order chi connectivity index (χ0) is 26.3. The lowest BCUT2D eigenvalue weighted by Crippen LogP contribution is -2.54. The highest BCUT2D eigenvalue weighted by molar-refractivity contribution is 6.25. The summed E-state index contributed by atoms with van der Waals surface area (Å²) in [6.07, 6.45) is 3.76. The molecule has 37 heavy (non-hydrogen) atoms. The summed E-state index contributed by atoms with van der Waals surface area (Å²) >= 11 is 0. The fraction of sp³-hybridized carbons (Fsp3) is 0.538. The molecule has 11 heteroatoms.